The molecule has 1 aromatic heterocycles. The molecule has 0 saturated heterocycles. The molecule has 1 aliphatic rings. The zero-order chi connectivity index (χ0) is 16.4. The number of hydrogen-bond donors (Lipinski definition) is 2. The molecule has 0 radical (unpaired) electrons. The summed E-state index contributed by atoms with van der Waals surface area (Å²) in [5.41, 5.74) is 4.45. The van der Waals surface area contributed by atoms with Gasteiger partial charge < -0.3 is 9.72 Å². The smallest absolute Gasteiger partial charge is 0.354 e. The predicted octanol–water partition coefficient (Wildman–Crippen LogP) is 1.47. The number of amides is 1. The third-order valence-electron chi connectivity index (χ3n) is 3.65. The molecule has 23 heavy (non-hydrogen) atoms. The van der Waals surface area contributed by atoms with Crippen molar-refractivity contribution >= 4 is 34.3 Å². The van der Waals surface area contributed by atoms with Gasteiger partial charge in [-0.1, -0.05) is 18.2 Å². The van der Waals surface area contributed by atoms with Crippen molar-refractivity contribution in [1.29, 1.82) is 0 Å². The lowest BCUT2D eigenvalue weighted by molar-refractivity contribution is -0.134. The summed E-state index contributed by atoms with van der Waals surface area (Å²) in [5, 5.41) is 4.44. The number of carbonyl (C=O) groups is 3. The van der Waals surface area contributed by atoms with E-state index in [0.717, 1.165) is 16.6 Å². The molecule has 7 heteroatoms. The summed E-state index contributed by atoms with van der Waals surface area (Å²) >= 11 is 0. The number of para-hydroxylation sites is 1. The van der Waals surface area contributed by atoms with E-state index < -0.39 is 5.97 Å². The number of aryl methyl sites for hydroxylation is 1. The molecule has 0 saturated carbocycles. The van der Waals surface area contributed by atoms with Crippen molar-refractivity contribution in [3.8, 4) is 0 Å². The SMILES string of the molecule is Cc1[nH]c2ccccc2c1C(=O)COC(=O)C1=NNC(=O)CC1. The predicted molar refractivity (Wildman–Crippen MR) is 83.1 cm³/mol. The number of H-pyrrole nitrogens is 1. The summed E-state index contributed by atoms with van der Waals surface area (Å²) in [6, 6.07) is 7.44. The monoisotopic (exact) mass is 313 g/mol. The molecule has 0 fully saturated rings. The third-order valence-corrected chi connectivity index (χ3v) is 3.65. The van der Waals surface area contributed by atoms with Gasteiger partial charge in [-0.25, -0.2) is 10.2 Å². The number of aromatic nitrogens is 1. The van der Waals surface area contributed by atoms with E-state index in [1.165, 1.54) is 0 Å². The van der Waals surface area contributed by atoms with Gasteiger partial charge in [0.2, 0.25) is 11.7 Å². The topological polar surface area (TPSA) is 101 Å². The molecule has 0 atom stereocenters. The molecule has 0 aliphatic carbocycles. The maximum absolute atomic E-state index is 12.4. The minimum absolute atomic E-state index is 0.119. The van der Waals surface area contributed by atoms with Crippen LogP contribution in [0.25, 0.3) is 10.9 Å². The lowest BCUT2D eigenvalue weighted by Crippen LogP contribution is -2.31. The Hall–Kier alpha value is -2.96. The van der Waals surface area contributed by atoms with Gasteiger partial charge in [0.05, 0.1) is 0 Å². The fourth-order valence-corrected chi connectivity index (χ4v) is 2.54. The second kappa shape index (κ2) is 6.04. The molecule has 0 spiro atoms. The normalized spacial score (nSPS) is 14.3. The number of ether oxygens (including phenoxy) is 1. The summed E-state index contributed by atoms with van der Waals surface area (Å²) in [4.78, 5) is 38.4. The minimum atomic E-state index is -0.684. The maximum atomic E-state index is 12.4. The standard InChI is InChI=1S/C16H15N3O4/c1-9-15(10-4-2-3-5-11(10)17-9)13(20)8-23-16(22)12-6-7-14(21)19-18-12/h2-5,17H,6-8H2,1H3,(H,19,21). The van der Waals surface area contributed by atoms with Gasteiger partial charge in [-0.3, -0.25) is 9.59 Å². The first-order chi connectivity index (χ1) is 11.1. The van der Waals surface area contributed by atoms with Gasteiger partial charge in [0, 0.05) is 35.0 Å². The van der Waals surface area contributed by atoms with E-state index in [1.807, 2.05) is 24.3 Å². The van der Waals surface area contributed by atoms with Crippen LogP contribution in [0.1, 0.15) is 28.9 Å². The van der Waals surface area contributed by atoms with Gasteiger partial charge in [0.15, 0.2) is 6.61 Å². The Morgan fingerprint density at radius 3 is 2.78 bits per heavy atom. The minimum Gasteiger partial charge on any atom is -0.453 e. The van der Waals surface area contributed by atoms with E-state index in [1.54, 1.807) is 6.92 Å². The van der Waals surface area contributed by atoms with E-state index in [-0.39, 0.29) is 36.9 Å². The number of fused-ring (bicyclic) bond motifs is 1. The lowest BCUT2D eigenvalue weighted by Gasteiger charge is -2.11. The van der Waals surface area contributed by atoms with E-state index in [9.17, 15) is 14.4 Å². The molecule has 1 amide bonds. The zero-order valence-electron chi connectivity index (χ0n) is 12.5. The van der Waals surface area contributed by atoms with Crippen molar-refractivity contribution in [3.63, 3.8) is 0 Å². The molecule has 2 aromatic rings. The molecule has 3 rings (SSSR count). The third kappa shape index (κ3) is 2.98. The number of benzene rings is 1. The second-order valence-corrected chi connectivity index (χ2v) is 5.26. The number of ketones is 1. The van der Waals surface area contributed by atoms with Crippen LogP contribution in [0.3, 0.4) is 0 Å². The first-order valence-corrected chi connectivity index (χ1v) is 7.19. The highest BCUT2D eigenvalue weighted by molar-refractivity contribution is 6.37. The summed E-state index contributed by atoms with van der Waals surface area (Å²) in [6.07, 6.45) is 0.397. The van der Waals surface area contributed by atoms with E-state index in [4.69, 9.17) is 4.74 Å². The highest BCUT2D eigenvalue weighted by Gasteiger charge is 2.22. The molecule has 1 aliphatic heterocycles. The zero-order valence-corrected chi connectivity index (χ0v) is 12.5. The van der Waals surface area contributed by atoms with Gasteiger partial charge in [-0.05, 0) is 13.0 Å². The Balaban J connectivity index is 1.71. The summed E-state index contributed by atoms with van der Waals surface area (Å²) < 4.78 is 5.02. The van der Waals surface area contributed by atoms with E-state index in [0.29, 0.717) is 5.56 Å². The van der Waals surface area contributed by atoms with Crippen LogP contribution >= 0.6 is 0 Å². The molecule has 1 aromatic carbocycles. The molecule has 0 bridgehead atoms. The average Bonchev–Trinajstić information content (AvgIpc) is 2.88. The summed E-state index contributed by atoms with van der Waals surface area (Å²) in [5.74, 6) is -1.21. The number of nitrogens with one attached hydrogen (secondary N) is 2. The number of nitrogens with zero attached hydrogens (tertiary/aromatic N) is 1. The molecular weight excluding hydrogens is 298 g/mol. The Kier molecular flexibility index (Phi) is 3.92. The Labute approximate surface area is 131 Å². The van der Waals surface area contributed by atoms with Crippen LogP contribution in [0.5, 0.6) is 0 Å². The molecule has 2 N–H and O–H groups in total. The molecular formula is C16H15N3O4. The van der Waals surface area contributed by atoms with Crippen molar-refractivity contribution in [3.05, 3.63) is 35.5 Å². The van der Waals surface area contributed by atoms with Gasteiger partial charge in [-0.2, -0.15) is 5.10 Å². The quantitative estimate of drug-likeness (QED) is 0.659. The summed E-state index contributed by atoms with van der Waals surface area (Å²) in [6.45, 7) is 1.43. The van der Waals surface area contributed by atoms with Crippen LogP contribution in [0.2, 0.25) is 0 Å². The van der Waals surface area contributed by atoms with E-state index >= 15 is 0 Å². The first-order valence-electron chi connectivity index (χ1n) is 7.19. The molecule has 7 nitrogen and oxygen atoms in total. The van der Waals surface area contributed by atoms with Crippen molar-refractivity contribution < 1.29 is 19.1 Å². The number of hydrogen-bond acceptors (Lipinski definition) is 5. The van der Waals surface area contributed by atoms with E-state index in [2.05, 4.69) is 15.5 Å². The van der Waals surface area contributed by atoms with Crippen LogP contribution in [0.15, 0.2) is 29.4 Å². The van der Waals surface area contributed by atoms with Gasteiger partial charge >= 0.3 is 5.97 Å². The highest BCUT2D eigenvalue weighted by atomic mass is 16.5. The van der Waals surface area contributed by atoms with Crippen molar-refractivity contribution in [2.75, 3.05) is 6.61 Å². The lowest BCUT2D eigenvalue weighted by atomic mass is 10.1. The molecule has 118 valence electrons. The summed E-state index contributed by atoms with van der Waals surface area (Å²) in [7, 11) is 0. The Morgan fingerprint density at radius 2 is 2.04 bits per heavy atom. The fraction of sp³-hybridized carbons (Fsp3) is 0.250. The number of hydrazone groups is 1. The van der Waals surface area contributed by atoms with Crippen LogP contribution < -0.4 is 5.43 Å². The fourth-order valence-electron chi connectivity index (χ4n) is 2.54. The molecule has 2 heterocycles. The van der Waals surface area contributed by atoms with Gasteiger partial charge in [0.25, 0.3) is 0 Å². The molecule has 0 unspecified atom stereocenters. The van der Waals surface area contributed by atoms with Crippen LogP contribution in [-0.2, 0) is 14.3 Å². The van der Waals surface area contributed by atoms with Crippen molar-refractivity contribution in [2.45, 2.75) is 19.8 Å². The van der Waals surface area contributed by atoms with Crippen molar-refractivity contribution in [1.82, 2.24) is 10.4 Å². The Bertz CT molecular complexity index is 835. The second-order valence-electron chi connectivity index (χ2n) is 5.26. The van der Waals surface area contributed by atoms with Crippen LogP contribution in [0.4, 0.5) is 0 Å². The Morgan fingerprint density at radius 1 is 1.26 bits per heavy atom. The number of aromatic amines is 1. The number of carbonyl (C=O) groups excluding carboxylic acids is 3. The van der Waals surface area contributed by atoms with Gasteiger partial charge in [0.1, 0.15) is 5.71 Å². The number of esters is 1. The van der Waals surface area contributed by atoms with Crippen LogP contribution in [-0.4, -0.2) is 35.0 Å². The highest BCUT2D eigenvalue weighted by Crippen LogP contribution is 2.22. The number of Topliss-reactive ketones (excluding diaryl/α,β-unsaturated/α-hetero) is 1. The van der Waals surface area contributed by atoms with Crippen LogP contribution in [0, 0.1) is 6.92 Å². The first kappa shape index (κ1) is 15.0. The van der Waals surface area contributed by atoms with Gasteiger partial charge in [-0.15, -0.1) is 0 Å². The maximum Gasteiger partial charge on any atom is 0.354 e. The number of rotatable bonds is 4. The largest absolute Gasteiger partial charge is 0.453 e. The van der Waals surface area contributed by atoms with Crippen molar-refractivity contribution in [2.24, 2.45) is 5.10 Å². The average molecular weight is 313 g/mol.